The van der Waals surface area contributed by atoms with Gasteiger partial charge >= 0.3 is 0 Å². The zero-order chi connectivity index (χ0) is 19.9. The van der Waals surface area contributed by atoms with E-state index in [1.54, 1.807) is 12.1 Å². The van der Waals surface area contributed by atoms with Crippen molar-refractivity contribution in [1.29, 1.82) is 0 Å². The van der Waals surface area contributed by atoms with Crippen LogP contribution in [0.4, 0.5) is 0 Å². The summed E-state index contributed by atoms with van der Waals surface area (Å²) in [7, 11) is 0. The molecule has 1 heterocycles. The molecule has 1 aliphatic heterocycles. The first-order valence-electron chi connectivity index (χ1n) is 10.9. The number of likely N-dealkylation sites (tertiary alicyclic amines) is 1. The van der Waals surface area contributed by atoms with Gasteiger partial charge in [-0.15, -0.1) is 0 Å². The van der Waals surface area contributed by atoms with E-state index in [-0.39, 0.29) is 17.9 Å². The predicted octanol–water partition coefficient (Wildman–Crippen LogP) is 4.02. The minimum absolute atomic E-state index is 0.0642. The Kier molecular flexibility index (Phi) is 7.35. The van der Waals surface area contributed by atoms with Gasteiger partial charge in [-0.05, 0) is 63.8 Å². The number of ether oxygens (including phenoxy) is 1. The summed E-state index contributed by atoms with van der Waals surface area (Å²) in [5.74, 6) is 1.70. The number of hydrogen-bond donors (Lipinski definition) is 1. The van der Waals surface area contributed by atoms with Gasteiger partial charge in [-0.2, -0.15) is 0 Å². The van der Waals surface area contributed by atoms with Crippen LogP contribution in [0, 0.1) is 11.8 Å². The molecule has 154 valence electrons. The molecule has 1 saturated carbocycles. The molecule has 1 saturated heterocycles. The lowest BCUT2D eigenvalue weighted by Gasteiger charge is -2.35. The minimum Gasteiger partial charge on any atom is -0.493 e. The van der Waals surface area contributed by atoms with Crippen LogP contribution in [0.1, 0.15) is 69.2 Å². The number of amides is 2. The maximum absolute atomic E-state index is 12.8. The molecule has 2 aliphatic rings. The molecule has 1 atom stereocenters. The van der Waals surface area contributed by atoms with Crippen LogP contribution in [0.15, 0.2) is 24.3 Å². The van der Waals surface area contributed by atoms with Crippen LogP contribution in [0.2, 0.25) is 0 Å². The van der Waals surface area contributed by atoms with E-state index in [2.05, 4.69) is 10.2 Å². The van der Waals surface area contributed by atoms with Gasteiger partial charge in [0.15, 0.2) is 0 Å². The Labute approximate surface area is 168 Å². The number of benzene rings is 1. The highest BCUT2D eigenvalue weighted by Gasteiger charge is 2.29. The average Bonchev–Trinajstić information content (AvgIpc) is 2.72. The smallest absolute Gasteiger partial charge is 0.251 e. The number of nitrogens with one attached hydrogen (secondary N) is 1. The van der Waals surface area contributed by atoms with Crippen LogP contribution in [0.5, 0.6) is 5.75 Å². The SMILES string of the molecule is CC(C)NC(=O)c1ccc(OC[C@H]2CCCN(C(=O)C3CCCCC3)C2)cc1. The quantitative estimate of drug-likeness (QED) is 0.803. The lowest BCUT2D eigenvalue weighted by atomic mass is 9.87. The first kappa shape index (κ1) is 20.7. The molecule has 5 nitrogen and oxygen atoms in total. The Morgan fingerprint density at radius 3 is 2.46 bits per heavy atom. The van der Waals surface area contributed by atoms with Gasteiger partial charge in [0.2, 0.25) is 5.91 Å². The van der Waals surface area contributed by atoms with E-state index in [0.717, 1.165) is 44.5 Å². The Balaban J connectivity index is 1.47. The summed E-state index contributed by atoms with van der Waals surface area (Å²) >= 11 is 0. The average molecular weight is 387 g/mol. The highest BCUT2D eigenvalue weighted by Crippen LogP contribution is 2.28. The third-order valence-corrected chi connectivity index (χ3v) is 5.81. The predicted molar refractivity (Wildman–Crippen MR) is 110 cm³/mol. The molecule has 3 rings (SSSR count). The van der Waals surface area contributed by atoms with Crippen LogP contribution in [-0.2, 0) is 4.79 Å². The highest BCUT2D eigenvalue weighted by molar-refractivity contribution is 5.94. The van der Waals surface area contributed by atoms with Gasteiger partial charge in [0.1, 0.15) is 5.75 Å². The third kappa shape index (κ3) is 5.73. The molecule has 0 bridgehead atoms. The number of carbonyl (C=O) groups excluding carboxylic acids is 2. The molecule has 0 unspecified atom stereocenters. The van der Waals surface area contributed by atoms with Gasteiger partial charge in [-0.25, -0.2) is 0 Å². The van der Waals surface area contributed by atoms with Gasteiger partial charge in [-0.3, -0.25) is 9.59 Å². The Hall–Kier alpha value is -2.04. The normalized spacial score (nSPS) is 20.8. The van der Waals surface area contributed by atoms with Crippen LogP contribution in [0.3, 0.4) is 0 Å². The van der Waals surface area contributed by atoms with E-state index >= 15 is 0 Å². The summed E-state index contributed by atoms with van der Waals surface area (Å²) < 4.78 is 5.97. The minimum atomic E-state index is -0.0642. The molecule has 28 heavy (non-hydrogen) atoms. The molecule has 1 N–H and O–H groups in total. The van der Waals surface area contributed by atoms with Crippen molar-refractivity contribution >= 4 is 11.8 Å². The monoisotopic (exact) mass is 386 g/mol. The van der Waals surface area contributed by atoms with Crippen LogP contribution in [-0.4, -0.2) is 42.5 Å². The number of carbonyl (C=O) groups is 2. The molecule has 0 radical (unpaired) electrons. The molecular weight excluding hydrogens is 352 g/mol. The van der Waals surface area contributed by atoms with E-state index in [0.29, 0.717) is 24.0 Å². The maximum atomic E-state index is 12.8. The second-order valence-electron chi connectivity index (χ2n) is 8.59. The van der Waals surface area contributed by atoms with E-state index in [9.17, 15) is 9.59 Å². The van der Waals surface area contributed by atoms with Crippen LogP contribution < -0.4 is 10.1 Å². The summed E-state index contributed by atoms with van der Waals surface area (Å²) in [6.07, 6.45) is 7.95. The van der Waals surface area contributed by atoms with Gasteiger partial charge in [0, 0.05) is 36.5 Å². The second kappa shape index (κ2) is 9.94. The fourth-order valence-corrected chi connectivity index (χ4v) is 4.27. The standard InChI is InChI=1S/C23H34N2O3/c1-17(2)24-22(26)19-10-12-21(13-11-19)28-16-18-7-6-14-25(15-18)23(27)20-8-4-3-5-9-20/h10-13,17-18,20H,3-9,14-16H2,1-2H3,(H,24,26)/t18-/m0/s1. The molecule has 5 heteroatoms. The van der Waals surface area contributed by atoms with Gasteiger partial charge in [-0.1, -0.05) is 19.3 Å². The summed E-state index contributed by atoms with van der Waals surface area (Å²) in [5.41, 5.74) is 0.642. The lowest BCUT2D eigenvalue weighted by molar-refractivity contribution is -0.138. The van der Waals surface area contributed by atoms with Crippen LogP contribution in [0.25, 0.3) is 0 Å². The van der Waals surface area contributed by atoms with Crippen LogP contribution >= 0.6 is 0 Å². The van der Waals surface area contributed by atoms with Crippen molar-refractivity contribution in [2.45, 2.75) is 64.8 Å². The summed E-state index contributed by atoms with van der Waals surface area (Å²) in [4.78, 5) is 26.9. The van der Waals surface area contributed by atoms with Crippen molar-refractivity contribution in [3.8, 4) is 5.75 Å². The van der Waals surface area contributed by atoms with E-state index < -0.39 is 0 Å². The van der Waals surface area contributed by atoms with Crippen molar-refractivity contribution in [1.82, 2.24) is 10.2 Å². The van der Waals surface area contributed by atoms with E-state index in [1.165, 1.54) is 19.3 Å². The molecule has 1 aliphatic carbocycles. The van der Waals surface area contributed by atoms with Gasteiger partial charge < -0.3 is 15.0 Å². The van der Waals surface area contributed by atoms with Crippen molar-refractivity contribution in [3.63, 3.8) is 0 Å². The molecule has 2 amide bonds. The lowest BCUT2D eigenvalue weighted by Crippen LogP contribution is -2.44. The Morgan fingerprint density at radius 2 is 1.79 bits per heavy atom. The number of hydrogen-bond acceptors (Lipinski definition) is 3. The highest BCUT2D eigenvalue weighted by atomic mass is 16.5. The Morgan fingerprint density at radius 1 is 1.07 bits per heavy atom. The Bertz CT molecular complexity index is 650. The third-order valence-electron chi connectivity index (χ3n) is 5.81. The molecule has 1 aromatic carbocycles. The van der Waals surface area contributed by atoms with Crippen molar-refractivity contribution in [2.75, 3.05) is 19.7 Å². The number of nitrogens with zero attached hydrogens (tertiary/aromatic N) is 1. The zero-order valence-corrected chi connectivity index (χ0v) is 17.3. The summed E-state index contributed by atoms with van der Waals surface area (Å²) in [6.45, 7) is 6.21. The van der Waals surface area contributed by atoms with Crippen molar-refractivity contribution in [3.05, 3.63) is 29.8 Å². The topological polar surface area (TPSA) is 58.6 Å². The molecule has 0 aromatic heterocycles. The first-order chi connectivity index (χ1) is 13.5. The largest absolute Gasteiger partial charge is 0.493 e. The van der Waals surface area contributed by atoms with Crippen molar-refractivity contribution in [2.24, 2.45) is 11.8 Å². The van der Waals surface area contributed by atoms with Gasteiger partial charge in [0.25, 0.3) is 5.91 Å². The maximum Gasteiger partial charge on any atom is 0.251 e. The zero-order valence-electron chi connectivity index (χ0n) is 17.3. The second-order valence-corrected chi connectivity index (χ2v) is 8.59. The fraction of sp³-hybridized carbons (Fsp3) is 0.652. The molecule has 0 spiro atoms. The van der Waals surface area contributed by atoms with Crippen molar-refractivity contribution < 1.29 is 14.3 Å². The first-order valence-corrected chi connectivity index (χ1v) is 10.9. The molecule has 2 fully saturated rings. The fourth-order valence-electron chi connectivity index (χ4n) is 4.27. The summed E-state index contributed by atoms with van der Waals surface area (Å²) in [6, 6.07) is 7.42. The number of piperidine rings is 1. The van der Waals surface area contributed by atoms with E-state index in [1.807, 2.05) is 26.0 Å². The molecule has 1 aromatic rings. The summed E-state index contributed by atoms with van der Waals surface area (Å²) in [5, 5.41) is 2.89. The van der Waals surface area contributed by atoms with E-state index in [4.69, 9.17) is 4.74 Å². The molecular formula is C23H34N2O3. The van der Waals surface area contributed by atoms with Gasteiger partial charge in [0.05, 0.1) is 6.61 Å². The number of rotatable bonds is 6.